The lowest BCUT2D eigenvalue weighted by atomic mass is 10.1. The molecule has 8 heteroatoms. The van der Waals surface area contributed by atoms with Gasteiger partial charge in [-0.15, -0.1) is 0 Å². The largest absolute Gasteiger partial charge is 0.368 e. The van der Waals surface area contributed by atoms with Gasteiger partial charge in [-0.05, 0) is 34.7 Å². The summed E-state index contributed by atoms with van der Waals surface area (Å²) in [6.45, 7) is 1.57. The number of nitrogens with two attached hydrogens (primary N) is 1. The van der Waals surface area contributed by atoms with Gasteiger partial charge in [-0.3, -0.25) is 14.9 Å². The molecular formula is C11H13IN4O3. The van der Waals surface area contributed by atoms with E-state index in [2.05, 4.69) is 5.32 Å². The van der Waals surface area contributed by atoms with Crippen LogP contribution in [-0.4, -0.2) is 36.5 Å². The number of amides is 1. The van der Waals surface area contributed by atoms with E-state index in [-0.39, 0.29) is 5.69 Å². The van der Waals surface area contributed by atoms with Gasteiger partial charge in [-0.1, -0.05) is 0 Å². The highest BCUT2D eigenvalue weighted by atomic mass is 127. The number of nitro groups is 1. The number of carbonyl (C=O) groups excluding carboxylic acids is 1. The number of halogens is 1. The quantitative estimate of drug-likeness (QED) is 0.454. The van der Waals surface area contributed by atoms with Crippen LogP contribution in [0.5, 0.6) is 0 Å². The molecule has 1 atom stereocenters. The lowest BCUT2D eigenvalue weighted by Gasteiger charge is -2.35. The fourth-order valence-corrected chi connectivity index (χ4v) is 2.61. The molecule has 1 aliphatic rings. The maximum absolute atomic E-state index is 11.5. The molecule has 1 heterocycles. The van der Waals surface area contributed by atoms with Crippen LogP contribution in [0.1, 0.15) is 0 Å². The Kier molecular flexibility index (Phi) is 4.20. The van der Waals surface area contributed by atoms with Crippen molar-refractivity contribution >= 4 is 39.9 Å². The minimum Gasteiger partial charge on any atom is -0.368 e. The third-order valence-corrected chi connectivity index (χ3v) is 3.69. The minimum absolute atomic E-state index is 0.0000463. The van der Waals surface area contributed by atoms with Crippen molar-refractivity contribution in [2.75, 3.05) is 24.5 Å². The van der Waals surface area contributed by atoms with Gasteiger partial charge >= 0.3 is 0 Å². The lowest BCUT2D eigenvalue weighted by molar-refractivity contribution is -0.384. The van der Waals surface area contributed by atoms with Crippen molar-refractivity contribution in [3.8, 4) is 0 Å². The van der Waals surface area contributed by atoms with Gasteiger partial charge in [0.1, 0.15) is 11.7 Å². The van der Waals surface area contributed by atoms with Crippen molar-refractivity contribution in [1.82, 2.24) is 5.32 Å². The summed E-state index contributed by atoms with van der Waals surface area (Å²) >= 11 is 2.02. The summed E-state index contributed by atoms with van der Waals surface area (Å²) in [4.78, 5) is 23.9. The fourth-order valence-electron chi connectivity index (χ4n) is 2.13. The summed E-state index contributed by atoms with van der Waals surface area (Å²) in [5.74, 6) is -0.486. The number of carbonyl (C=O) groups is 1. The first-order chi connectivity index (χ1) is 9.00. The number of anilines is 1. The molecule has 0 spiro atoms. The van der Waals surface area contributed by atoms with Gasteiger partial charge in [-0.25, -0.2) is 0 Å². The minimum atomic E-state index is -0.562. The number of benzene rings is 1. The second-order valence-corrected chi connectivity index (χ2v) is 5.45. The number of hydrogen-bond donors (Lipinski definition) is 2. The second-order valence-electron chi connectivity index (χ2n) is 4.21. The molecule has 0 aromatic heterocycles. The molecule has 7 nitrogen and oxygen atoms in total. The van der Waals surface area contributed by atoms with E-state index in [1.165, 1.54) is 6.07 Å². The summed E-state index contributed by atoms with van der Waals surface area (Å²) in [5, 5.41) is 14.2. The van der Waals surface area contributed by atoms with Gasteiger partial charge in [0, 0.05) is 29.3 Å². The van der Waals surface area contributed by atoms with Crippen LogP contribution < -0.4 is 16.0 Å². The third-order valence-electron chi connectivity index (χ3n) is 3.02. The number of hydrogen-bond acceptors (Lipinski definition) is 5. The highest BCUT2D eigenvalue weighted by molar-refractivity contribution is 14.1. The molecule has 1 saturated heterocycles. The molecule has 3 N–H and O–H groups in total. The Labute approximate surface area is 123 Å². The van der Waals surface area contributed by atoms with Crippen molar-refractivity contribution < 1.29 is 9.72 Å². The zero-order chi connectivity index (χ0) is 14.0. The highest BCUT2D eigenvalue weighted by Crippen LogP contribution is 2.31. The first-order valence-corrected chi connectivity index (χ1v) is 6.79. The van der Waals surface area contributed by atoms with E-state index >= 15 is 0 Å². The maximum atomic E-state index is 11.5. The molecule has 1 fully saturated rings. The number of nitrogens with zero attached hydrogens (tertiary/aromatic N) is 2. The van der Waals surface area contributed by atoms with Crippen LogP contribution in [0.2, 0.25) is 0 Å². The Balaban J connectivity index is 2.44. The fraction of sp³-hybridized carbons (Fsp3) is 0.364. The third kappa shape index (κ3) is 2.95. The zero-order valence-corrected chi connectivity index (χ0v) is 12.2. The van der Waals surface area contributed by atoms with Gasteiger partial charge in [0.05, 0.1) is 4.92 Å². The molecule has 0 saturated carbocycles. The molecule has 1 aromatic rings. The van der Waals surface area contributed by atoms with Crippen molar-refractivity contribution in [2.45, 2.75) is 6.04 Å². The molecule has 1 unspecified atom stereocenters. The van der Waals surface area contributed by atoms with Crippen LogP contribution >= 0.6 is 22.6 Å². The Morgan fingerprint density at radius 3 is 2.95 bits per heavy atom. The number of piperazine rings is 1. The summed E-state index contributed by atoms with van der Waals surface area (Å²) < 4.78 is 0.777. The first-order valence-electron chi connectivity index (χ1n) is 5.71. The van der Waals surface area contributed by atoms with Gasteiger partial charge in [-0.2, -0.15) is 0 Å². The maximum Gasteiger partial charge on any atom is 0.293 e. The van der Waals surface area contributed by atoms with Gasteiger partial charge < -0.3 is 16.0 Å². The Morgan fingerprint density at radius 1 is 1.58 bits per heavy atom. The molecule has 1 aromatic carbocycles. The molecule has 0 aliphatic carbocycles. The van der Waals surface area contributed by atoms with E-state index in [1.54, 1.807) is 17.0 Å². The predicted octanol–water partition coefficient (Wildman–Crippen LogP) is 0.463. The number of nitrogens with one attached hydrogen (secondary N) is 1. The van der Waals surface area contributed by atoms with Crippen LogP contribution in [-0.2, 0) is 4.79 Å². The Morgan fingerprint density at radius 2 is 2.32 bits per heavy atom. The molecule has 102 valence electrons. The van der Waals surface area contributed by atoms with Crippen LogP contribution in [0, 0.1) is 13.7 Å². The van der Waals surface area contributed by atoms with E-state index in [0.29, 0.717) is 25.3 Å². The summed E-state index contributed by atoms with van der Waals surface area (Å²) in [6.07, 6.45) is 0. The van der Waals surface area contributed by atoms with Crippen molar-refractivity contribution in [1.29, 1.82) is 0 Å². The van der Waals surface area contributed by atoms with Crippen molar-refractivity contribution in [3.63, 3.8) is 0 Å². The Bertz CT molecular complexity index is 523. The Hall–Kier alpha value is -1.42. The summed E-state index contributed by atoms with van der Waals surface area (Å²) in [5.41, 5.74) is 5.80. The smallest absolute Gasteiger partial charge is 0.293 e. The summed E-state index contributed by atoms with van der Waals surface area (Å²) in [7, 11) is 0. The topological polar surface area (TPSA) is 102 Å². The lowest BCUT2D eigenvalue weighted by Crippen LogP contribution is -2.57. The predicted molar refractivity (Wildman–Crippen MR) is 79.0 cm³/mol. The van der Waals surface area contributed by atoms with Crippen LogP contribution in [0.4, 0.5) is 11.4 Å². The van der Waals surface area contributed by atoms with Crippen LogP contribution in [0.15, 0.2) is 18.2 Å². The number of rotatable bonds is 3. The van der Waals surface area contributed by atoms with E-state index in [4.69, 9.17) is 5.73 Å². The van der Waals surface area contributed by atoms with E-state index in [9.17, 15) is 14.9 Å². The number of primary amides is 1. The molecule has 0 radical (unpaired) electrons. The molecule has 19 heavy (non-hydrogen) atoms. The van der Waals surface area contributed by atoms with E-state index in [0.717, 1.165) is 3.57 Å². The second kappa shape index (κ2) is 5.70. The van der Waals surface area contributed by atoms with Crippen molar-refractivity contribution in [2.24, 2.45) is 5.73 Å². The van der Waals surface area contributed by atoms with E-state index < -0.39 is 16.9 Å². The van der Waals surface area contributed by atoms with Crippen LogP contribution in [0.3, 0.4) is 0 Å². The van der Waals surface area contributed by atoms with E-state index in [1.807, 2.05) is 22.6 Å². The van der Waals surface area contributed by atoms with Gasteiger partial charge in [0.15, 0.2) is 0 Å². The average Bonchev–Trinajstić information content (AvgIpc) is 2.38. The average molecular weight is 376 g/mol. The molecule has 1 amide bonds. The van der Waals surface area contributed by atoms with Gasteiger partial charge in [0.25, 0.3) is 5.69 Å². The normalized spacial score (nSPS) is 19.2. The van der Waals surface area contributed by atoms with Crippen LogP contribution in [0.25, 0.3) is 0 Å². The van der Waals surface area contributed by atoms with Gasteiger partial charge in [0.2, 0.25) is 5.91 Å². The van der Waals surface area contributed by atoms with Crippen molar-refractivity contribution in [3.05, 3.63) is 31.9 Å². The summed E-state index contributed by atoms with van der Waals surface area (Å²) in [6, 6.07) is 4.38. The highest BCUT2D eigenvalue weighted by Gasteiger charge is 2.31. The zero-order valence-electron chi connectivity index (χ0n) is 10.0. The standard InChI is InChI=1S/C11H13IN4O3/c12-7-1-2-8(9(5-7)16(18)19)15-4-3-14-6-10(15)11(13)17/h1-2,5,10,14H,3-4,6H2,(H2,13,17). The number of nitro benzene ring substituents is 1. The first kappa shape index (κ1) is 14.0. The molecular weight excluding hydrogens is 363 g/mol. The molecule has 0 bridgehead atoms. The molecule has 1 aliphatic heterocycles. The SMILES string of the molecule is NC(=O)C1CNCCN1c1ccc(I)cc1[N+](=O)[O-]. The monoisotopic (exact) mass is 376 g/mol. The molecule has 2 rings (SSSR count).